The molecule has 0 spiro atoms. The molecule has 10 nitrogen and oxygen atoms in total. The topological polar surface area (TPSA) is 132 Å². The van der Waals surface area contributed by atoms with Crippen LogP contribution in [0.15, 0.2) is 63.6 Å². The van der Waals surface area contributed by atoms with Gasteiger partial charge in [-0.15, -0.1) is 5.11 Å². The van der Waals surface area contributed by atoms with Crippen LogP contribution in [-0.2, 0) is 4.74 Å². The molecule has 142 valence electrons. The van der Waals surface area contributed by atoms with Crippen molar-refractivity contribution in [2.75, 3.05) is 7.11 Å². The number of rotatable bonds is 5. The number of nitro groups is 1. The lowest BCUT2D eigenvalue weighted by atomic mass is 10.2. The van der Waals surface area contributed by atoms with Gasteiger partial charge in [0, 0.05) is 12.1 Å². The maximum Gasteiger partial charge on any atom is 0.337 e. The second kappa shape index (κ2) is 7.66. The predicted octanol–water partition coefficient (Wildman–Crippen LogP) is 3.58. The van der Waals surface area contributed by atoms with E-state index in [0.717, 1.165) is 0 Å². The third-order valence-electron chi connectivity index (χ3n) is 3.91. The smallest absolute Gasteiger partial charge is 0.337 e. The number of ether oxygens (including phenoxy) is 1. The van der Waals surface area contributed by atoms with Crippen molar-refractivity contribution in [2.45, 2.75) is 6.92 Å². The largest absolute Gasteiger partial charge is 0.465 e. The average molecular weight is 381 g/mol. The van der Waals surface area contributed by atoms with E-state index in [1.54, 1.807) is 31.2 Å². The zero-order chi connectivity index (χ0) is 20.3. The molecule has 3 aromatic rings. The number of carbonyl (C=O) groups excluding carboxylic acids is 1. The van der Waals surface area contributed by atoms with Crippen molar-refractivity contribution in [1.82, 2.24) is 9.78 Å². The first kappa shape index (κ1) is 18.7. The van der Waals surface area contributed by atoms with Crippen LogP contribution in [0.3, 0.4) is 0 Å². The lowest BCUT2D eigenvalue weighted by Crippen LogP contribution is -2.13. The van der Waals surface area contributed by atoms with Crippen molar-refractivity contribution in [3.05, 3.63) is 80.3 Å². The van der Waals surface area contributed by atoms with Gasteiger partial charge in [-0.1, -0.05) is 0 Å². The van der Waals surface area contributed by atoms with Gasteiger partial charge in [0.25, 0.3) is 11.2 Å². The van der Waals surface area contributed by atoms with Crippen LogP contribution in [0, 0.1) is 17.0 Å². The van der Waals surface area contributed by atoms with Gasteiger partial charge in [0.2, 0.25) is 0 Å². The van der Waals surface area contributed by atoms with E-state index in [1.807, 2.05) is 0 Å². The quantitative estimate of drug-likeness (QED) is 0.312. The lowest BCUT2D eigenvalue weighted by molar-refractivity contribution is -0.384. The number of aromatic amines is 1. The molecule has 0 bridgehead atoms. The molecular weight excluding hydrogens is 366 g/mol. The molecule has 0 fully saturated rings. The van der Waals surface area contributed by atoms with E-state index in [4.69, 9.17) is 0 Å². The first-order valence-corrected chi connectivity index (χ1v) is 8.07. The number of aromatic nitrogens is 2. The highest BCUT2D eigenvalue weighted by Crippen LogP contribution is 2.20. The number of benzene rings is 2. The van der Waals surface area contributed by atoms with Crippen molar-refractivity contribution in [3.8, 4) is 5.69 Å². The SMILES string of the molecule is COC(=O)c1ccc(N=Nc2c(C)[nH]n(-c3ccc([N+](=O)[O-])cc3)c2=O)cc1. The van der Waals surface area contributed by atoms with Crippen molar-refractivity contribution < 1.29 is 14.5 Å². The van der Waals surface area contributed by atoms with Crippen LogP contribution in [-0.4, -0.2) is 27.8 Å². The monoisotopic (exact) mass is 381 g/mol. The molecule has 10 heteroatoms. The lowest BCUT2D eigenvalue weighted by Gasteiger charge is -2.00. The van der Waals surface area contributed by atoms with Crippen LogP contribution in [0.5, 0.6) is 0 Å². The number of azo groups is 1. The molecule has 28 heavy (non-hydrogen) atoms. The fraction of sp³-hybridized carbons (Fsp3) is 0.111. The van der Waals surface area contributed by atoms with E-state index in [-0.39, 0.29) is 11.4 Å². The van der Waals surface area contributed by atoms with E-state index in [1.165, 1.54) is 36.1 Å². The number of nitrogens with one attached hydrogen (secondary N) is 1. The number of carbonyl (C=O) groups is 1. The number of methoxy groups -OCH3 is 1. The van der Waals surface area contributed by atoms with Crippen molar-refractivity contribution in [2.24, 2.45) is 10.2 Å². The number of nitrogens with zero attached hydrogens (tertiary/aromatic N) is 4. The number of non-ortho nitro benzene ring substituents is 1. The Kier molecular flexibility index (Phi) is 5.12. The summed E-state index contributed by atoms with van der Waals surface area (Å²) in [5.41, 5.74) is 1.34. The molecule has 0 aliphatic carbocycles. The summed E-state index contributed by atoms with van der Waals surface area (Å²) in [6.07, 6.45) is 0. The van der Waals surface area contributed by atoms with E-state index < -0.39 is 16.5 Å². The molecular formula is C18H15N5O5. The predicted molar refractivity (Wildman–Crippen MR) is 99.7 cm³/mol. The normalized spacial score (nSPS) is 10.9. The summed E-state index contributed by atoms with van der Waals surface area (Å²) in [6.45, 7) is 1.66. The number of esters is 1. The van der Waals surface area contributed by atoms with Gasteiger partial charge in [-0.2, -0.15) is 5.11 Å². The number of hydrogen-bond donors (Lipinski definition) is 1. The Labute approximate surface area is 158 Å². The van der Waals surface area contributed by atoms with Crippen LogP contribution < -0.4 is 5.56 Å². The summed E-state index contributed by atoms with van der Waals surface area (Å²) in [4.78, 5) is 34.3. The fourth-order valence-corrected chi connectivity index (χ4v) is 2.45. The number of H-pyrrole nitrogens is 1. The molecule has 0 saturated heterocycles. The third-order valence-corrected chi connectivity index (χ3v) is 3.91. The van der Waals surface area contributed by atoms with Crippen LogP contribution in [0.4, 0.5) is 17.1 Å². The van der Waals surface area contributed by atoms with Crippen molar-refractivity contribution in [3.63, 3.8) is 0 Å². The van der Waals surface area contributed by atoms with Crippen molar-refractivity contribution in [1.29, 1.82) is 0 Å². The molecule has 0 aliphatic rings. The van der Waals surface area contributed by atoms with Gasteiger partial charge in [0.05, 0.1) is 34.7 Å². The van der Waals surface area contributed by atoms with Gasteiger partial charge in [-0.25, -0.2) is 9.48 Å². The molecule has 0 unspecified atom stereocenters. The Morgan fingerprint density at radius 1 is 1.11 bits per heavy atom. The minimum Gasteiger partial charge on any atom is -0.465 e. The zero-order valence-corrected chi connectivity index (χ0v) is 14.9. The first-order chi connectivity index (χ1) is 13.4. The fourth-order valence-electron chi connectivity index (χ4n) is 2.45. The third kappa shape index (κ3) is 3.70. The minimum absolute atomic E-state index is 0.0737. The molecule has 1 N–H and O–H groups in total. The van der Waals surface area contributed by atoms with Gasteiger partial charge in [-0.05, 0) is 43.3 Å². The maximum atomic E-state index is 12.6. The molecule has 0 saturated carbocycles. The zero-order valence-electron chi connectivity index (χ0n) is 14.9. The standard InChI is InChI=1S/C18H15N5O5/c1-11-16(20-19-13-5-3-12(4-6-13)18(25)28-2)17(24)22(21-11)14-7-9-15(10-8-14)23(26)27/h3-10,21H,1-2H3. The Hall–Kier alpha value is -4.08. The second-order valence-corrected chi connectivity index (χ2v) is 5.74. The molecule has 2 aromatic carbocycles. The number of hydrogen-bond acceptors (Lipinski definition) is 7. The van der Waals surface area contributed by atoms with Gasteiger partial charge in [-0.3, -0.25) is 20.0 Å². The van der Waals surface area contributed by atoms with Crippen LogP contribution in [0.25, 0.3) is 5.69 Å². The highest BCUT2D eigenvalue weighted by molar-refractivity contribution is 5.89. The Balaban J connectivity index is 1.87. The minimum atomic E-state index is -0.516. The van der Waals surface area contributed by atoms with Crippen LogP contribution >= 0.6 is 0 Å². The Bertz CT molecular complexity index is 1110. The molecule has 0 atom stereocenters. The molecule has 0 amide bonds. The maximum absolute atomic E-state index is 12.6. The first-order valence-electron chi connectivity index (χ1n) is 8.07. The van der Waals surface area contributed by atoms with Gasteiger partial charge in [0.15, 0.2) is 5.69 Å². The molecule has 3 rings (SSSR count). The molecule has 1 heterocycles. The van der Waals surface area contributed by atoms with Gasteiger partial charge in [0.1, 0.15) is 0 Å². The summed E-state index contributed by atoms with van der Waals surface area (Å²) < 4.78 is 5.85. The second-order valence-electron chi connectivity index (χ2n) is 5.74. The van der Waals surface area contributed by atoms with E-state index in [0.29, 0.717) is 22.6 Å². The number of aryl methyl sites for hydroxylation is 1. The summed E-state index contributed by atoms with van der Waals surface area (Å²) in [7, 11) is 1.29. The Morgan fingerprint density at radius 3 is 2.32 bits per heavy atom. The summed E-state index contributed by atoms with van der Waals surface area (Å²) >= 11 is 0. The Morgan fingerprint density at radius 2 is 1.75 bits per heavy atom. The summed E-state index contributed by atoms with van der Waals surface area (Å²) in [5, 5.41) is 21.6. The van der Waals surface area contributed by atoms with Gasteiger partial charge < -0.3 is 4.74 Å². The van der Waals surface area contributed by atoms with Crippen LogP contribution in [0.2, 0.25) is 0 Å². The van der Waals surface area contributed by atoms with E-state index >= 15 is 0 Å². The number of nitro benzene ring substituents is 1. The van der Waals surface area contributed by atoms with Gasteiger partial charge >= 0.3 is 5.97 Å². The summed E-state index contributed by atoms with van der Waals surface area (Å²) in [6, 6.07) is 11.8. The highest BCUT2D eigenvalue weighted by Gasteiger charge is 2.13. The molecule has 0 radical (unpaired) electrons. The van der Waals surface area contributed by atoms with E-state index in [9.17, 15) is 19.7 Å². The van der Waals surface area contributed by atoms with Crippen molar-refractivity contribution >= 4 is 23.0 Å². The molecule has 0 aliphatic heterocycles. The van der Waals surface area contributed by atoms with Crippen LogP contribution in [0.1, 0.15) is 16.1 Å². The average Bonchev–Trinajstić information content (AvgIpc) is 3.00. The highest BCUT2D eigenvalue weighted by atomic mass is 16.6. The summed E-state index contributed by atoms with van der Waals surface area (Å²) in [5.74, 6) is -0.462. The molecule has 1 aromatic heterocycles. The van der Waals surface area contributed by atoms with E-state index in [2.05, 4.69) is 20.1 Å².